The van der Waals surface area contributed by atoms with E-state index in [1.54, 1.807) is 6.92 Å². The zero-order chi connectivity index (χ0) is 6.78. The molecular formula is C3H6BrNaO3S. The summed E-state index contributed by atoms with van der Waals surface area (Å²) in [6.07, 6.45) is 0.311. The van der Waals surface area contributed by atoms with E-state index in [9.17, 15) is 13.0 Å². The summed E-state index contributed by atoms with van der Waals surface area (Å²) in [7, 11) is -4.09. The van der Waals surface area contributed by atoms with E-state index >= 15 is 0 Å². The van der Waals surface area contributed by atoms with Crippen LogP contribution in [0.4, 0.5) is 0 Å². The van der Waals surface area contributed by atoms with Crippen molar-refractivity contribution in [3.63, 3.8) is 0 Å². The zero-order valence-corrected chi connectivity index (χ0v) is 9.70. The molecule has 1 atom stereocenters. The predicted octanol–water partition coefficient (Wildman–Crippen LogP) is -2.33. The summed E-state index contributed by atoms with van der Waals surface area (Å²) in [6.45, 7) is 1.62. The first-order chi connectivity index (χ1) is 3.48. The molecule has 0 rings (SSSR count). The van der Waals surface area contributed by atoms with Gasteiger partial charge in [0.05, 0.1) is 0 Å². The molecule has 9 heavy (non-hydrogen) atoms. The van der Waals surface area contributed by atoms with E-state index in [1.165, 1.54) is 0 Å². The summed E-state index contributed by atoms with van der Waals surface area (Å²) >= 11 is 2.70. The molecule has 50 valence electrons. The number of halogens is 1. The van der Waals surface area contributed by atoms with E-state index in [4.69, 9.17) is 0 Å². The van der Waals surface area contributed by atoms with Crippen molar-refractivity contribution in [2.75, 3.05) is 0 Å². The molecule has 6 heteroatoms. The summed E-state index contributed by atoms with van der Waals surface area (Å²) in [5, 5.41) is 0. The zero-order valence-electron chi connectivity index (χ0n) is 5.30. The van der Waals surface area contributed by atoms with Gasteiger partial charge in [-0.25, -0.2) is 8.42 Å². The molecule has 0 amide bonds. The molecule has 0 aromatic carbocycles. The topological polar surface area (TPSA) is 57.2 Å². The summed E-state index contributed by atoms with van der Waals surface area (Å²) in [4.78, 5) is 0. The molecule has 0 aliphatic heterocycles. The average Bonchev–Trinajstić information content (AvgIpc) is 1.62. The van der Waals surface area contributed by atoms with Crippen molar-refractivity contribution in [2.45, 2.75) is 17.5 Å². The van der Waals surface area contributed by atoms with Gasteiger partial charge in [-0.2, -0.15) is 0 Å². The van der Waals surface area contributed by atoms with E-state index in [0.29, 0.717) is 6.42 Å². The minimum Gasteiger partial charge on any atom is -0.747 e. The largest absolute Gasteiger partial charge is 1.00 e. The Morgan fingerprint density at radius 2 is 2.00 bits per heavy atom. The van der Waals surface area contributed by atoms with Crippen molar-refractivity contribution in [1.82, 2.24) is 0 Å². The van der Waals surface area contributed by atoms with Crippen LogP contribution in [0.2, 0.25) is 0 Å². The normalized spacial score (nSPS) is 14.1. The Hall–Kier alpha value is 1.39. The van der Waals surface area contributed by atoms with Gasteiger partial charge in [-0.1, -0.05) is 22.9 Å². The second-order valence-electron chi connectivity index (χ2n) is 1.31. The second kappa shape index (κ2) is 5.09. The molecule has 3 nitrogen and oxygen atoms in total. The Bertz CT molecular complexity index is 154. The molecule has 0 saturated heterocycles. The van der Waals surface area contributed by atoms with E-state index in [-0.39, 0.29) is 29.6 Å². The van der Waals surface area contributed by atoms with Crippen molar-refractivity contribution in [2.24, 2.45) is 0 Å². The molecule has 0 aromatic rings. The fourth-order valence-electron chi connectivity index (χ4n) is 0.204. The van der Waals surface area contributed by atoms with E-state index in [0.717, 1.165) is 0 Å². The van der Waals surface area contributed by atoms with Crippen molar-refractivity contribution in [3.8, 4) is 0 Å². The Morgan fingerprint density at radius 1 is 1.67 bits per heavy atom. The molecule has 1 unspecified atom stereocenters. The van der Waals surface area contributed by atoms with Crippen LogP contribution in [0.25, 0.3) is 0 Å². The predicted molar refractivity (Wildman–Crippen MR) is 32.7 cm³/mol. The first kappa shape index (κ1) is 13.0. The van der Waals surface area contributed by atoms with Gasteiger partial charge in [0, 0.05) is 0 Å². The van der Waals surface area contributed by atoms with Gasteiger partial charge in [-0.3, -0.25) is 0 Å². The van der Waals surface area contributed by atoms with Crippen LogP contribution < -0.4 is 29.6 Å². The van der Waals surface area contributed by atoms with Crippen LogP contribution in [0, 0.1) is 0 Å². The minimum absolute atomic E-state index is 0. The van der Waals surface area contributed by atoms with E-state index < -0.39 is 14.3 Å². The molecule has 0 bridgehead atoms. The Morgan fingerprint density at radius 3 is 2.00 bits per heavy atom. The van der Waals surface area contributed by atoms with Crippen molar-refractivity contribution in [3.05, 3.63) is 0 Å². The summed E-state index contributed by atoms with van der Waals surface area (Å²) in [6, 6.07) is 0. The van der Waals surface area contributed by atoms with Crippen molar-refractivity contribution >= 4 is 26.0 Å². The first-order valence-electron chi connectivity index (χ1n) is 2.07. The number of rotatable bonds is 2. The third-order valence-electron chi connectivity index (χ3n) is 0.634. The molecular weight excluding hydrogens is 219 g/mol. The van der Waals surface area contributed by atoms with Gasteiger partial charge in [0.1, 0.15) is 14.3 Å². The molecule has 0 aliphatic carbocycles. The van der Waals surface area contributed by atoms with Crippen molar-refractivity contribution in [1.29, 1.82) is 0 Å². The van der Waals surface area contributed by atoms with Gasteiger partial charge >= 0.3 is 29.6 Å². The van der Waals surface area contributed by atoms with Gasteiger partial charge in [0.15, 0.2) is 0 Å². The standard InChI is InChI=1S/C3H7BrO3S.Na/c1-2-3(4)8(5,6)7;/h3H,2H2,1H3,(H,5,6,7);/q;+1/p-1. The van der Waals surface area contributed by atoms with Crippen LogP contribution in [0.1, 0.15) is 13.3 Å². The Balaban J connectivity index is 0. The van der Waals surface area contributed by atoms with Crippen LogP contribution in [0.5, 0.6) is 0 Å². The van der Waals surface area contributed by atoms with E-state index in [2.05, 4.69) is 15.9 Å². The first-order valence-corrected chi connectivity index (χ1v) is 4.46. The molecule has 0 radical (unpaired) electrons. The number of alkyl halides is 1. The Labute approximate surface area is 85.4 Å². The number of hydrogen-bond acceptors (Lipinski definition) is 3. The van der Waals surface area contributed by atoms with Gasteiger partial charge in [-0.05, 0) is 6.42 Å². The molecule has 0 aliphatic rings. The quantitative estimate of drug-likeness (QED) is 0.301. The van der Waals surface area contributed by atoms with Crippen LogP contribution in [0.15, 0.2) is 0 Å². The summed E-state index contributed by atoms with van der Waals surface area (Å²) in [5.74, 6) is 0. The SMILES string of the molecule is CCC(Br)S(=O)(=O)[O-].[Na+]. The third-order valence-corrected chi connectivity index (χ3v) is 3.61. The molecule has 0 heterocycles. The third kappa shape index (κ3) is 5.82. The van der Waals surface area contributed by atoms with E-state index in [1.807, 2.05) is 0 Å². The fraction of sp³-hybridized carbons (Fsp3) is 1.00. The maximum absolute atomic E-state index is 9.96. The molecule has 0 saturated carbocycles. The smallest absolute Gasteiger partial charge is 0.747 e. The fourth-order valence-corrected chi connectivity index (χ4v) is 0.612. The second-order valence-corrected chi connectivity index (χ2v) is 4.58. The van der Waals surface area contributed by atoms with Gasteiger partial charge in [0.2, 0.25) is 0 Å². The molecule has 0 N–H and O–H groups in total. The van der Waals surface area contributed by atoms with Crippen molar-refractivity contribution < 1.29 is 42.5 Å². The van der Waals surface area contributed by atoms with Gasteiger partial charge in [-0.15, -0.1) is 0 Å². The maximum atomic E-state index is 9.96. The monoisotopic (exact) mass is 224 g/mol. The van der Waals surface area contributed by atoms with Gasteiger partial charge in [0.25, 0.3) is 0 Å². The minimum atomic E-state index is -4.09. The summed E-state index contributed by atoms with van der Waals surface area (Å²) < 4.78 is 29.0. The van der Waals surface area contributed by atoms with Crippen LogP contribution in [-0.2, 0) is 10.1 Å². The molecule has 0 spiro atoms. The van der Waals surface area contributed by atoms with Crippen LogP contribution in [-0.4, -0.2) is 17.1 Å². The average molecular weight is 225 g/mol. The van der Waals surface area contributed by atoms with Crippen LogP contribution >= 0.6 is 15.9 Å². The molecule has 0 aromatic heterocycles. The van der Waals surface area contributed by atoms with Crippen LogP contribution in [0.3, 0.4) is 0 Å². The number of hydrogen-bond donors (Lipinski definition) is 0. The van der Waals surface area contributed by atoms with Gasteiger partial charge < -0.3 is 4.55 Å². The maximum Gasteiger partial charge on any atom is 1.00 e. The molecule has 0 fully saturated rings. The summed E-state index contributed by atoms with van der Waals surface area (Å²) in [5.41, 5.74) is 0. The Kier molecular flexibility index (Phi) is 7.37.